The maximum Gasteiger partial charge on any atom is 0.253 e. The van der Waals surface area contributed by atoms with Crippen LogP contribution in [-0.2, 0) is 10.4 Å². The largest absolute Gasteiger partial charge is 0.454 e. The standard InChI is InChI=1S/C10H11NO4/c1-10(13,9(11)12)6-2-3-7-8(4-6)15-5-14-7/h2-4,13H,5H2,1H3,(H2,11,12). The van der Waals surface area contributed by atoms with Crippen LogP contribution >= 0.6 is 0 Å². The molecule has 1 atom stereocenters. The number of aliphatic hydroxyl groups is 1. The number of carbonyl (C=O) groups excluding carboxylic acids is 1. The molecule has 0 aliphatic carbocycles. The van der Waals surface area contributed by atoms with E-state index in [4.69, 9.17) is 15.2 Å². The lowest BCUT2D eigenvalue weighted by Crippen LogP contribution is -2.38. The van der Waals surface area contributed by atoms with E-state index in [-0.39, 0.29) is 6.79 Å². The van der Waals surface area contributed by atoms with E-state index in [0.29, 0.717) is 17.1 Å². The lowest BCUT2D eigenvalue weighted by atomic mass is 9.95. The van der Waals surface area contributed by atoms with Crippen LogP contribution in [0.4, 0.5) is 0 Å². The van der Waals surface area contributed by atoms with Crippen LogP contribution in [0.15, 0.2) is 18.2 Å². The Morgan fingerprint density at radius 2 is 2.13 bits per heavy atom. The number of ether oxygens (including phenoxy) is 2. The molecule has 1 aliphatic heterocycles. The zero-order valence-corrected chi connectivity index (χ0v) is 8.19. The number of fused-ring (bicyclic) bond motifs is 1. The van der Waals surface area contributed by atoms with Crippen LogP contribution in [0.3, 0.4) is 0 Å². The first-order valence-electron chi connectivity index (χ1n) is 4.44. The van der Waals surface area contributed by atoms with Gasteiger partial charge in [-0.05, 0) is 24.6 Å². The van der Waals surface area contributed by atoms with Crippen LogP contribution < -0.4 is 15.2 Å². The lowest BCUT2D eigenvalue weighted by molar-refractivity contribution is -0.135. The van der Waals surface area contributed by atoms with Crippen molar-refractivity contribution >= 4 is 5.91 Å². The first-order chi connectivity index (χ1) is 7.01. The Bertz CT molecular complexity index is 414. The third kappa shape index (κ3) is 1.50. The number of hydrogen-bond acceptors (Lipinski definition) is 4. The number of benzene rings is 1. The van der Waals surface area contributed by atoms with Crippen LogP contribution in [0.25, 0.3) is 0 Å². The number of carbonyl (C=O) groups is 1. The van der Waals surface area contributed by atoms with Crippen LogP contribution in [0.2, 0.25) is 0 Å². The van der Waals surface area contributed by atoms with Gasteiger partial charge in [0.15, 0.2) is 17.1 Å². The predicted molar refractivity (Wildman–Crippen MR) is 51.3 cm³/mol. The average Bonchev–Trinajstić information content (AvgIpc) is 2.63. The summed E-state index contributed by atoms with van der Waals surface area (Å²) in [5.41, 5.74) is 3.78. The minimum atomic E-state index is -1.69. The molecule has 1 unspecified atom stereocenters. The number of nitrogens with two attached hydrogens (primary N) is 1. The van der Waals surface area contributed by atoms with Gasteiger partial charge in [0.2, 0.25) is 6.79 Å². The Morgan fingerprint density at radius 3 is 2.80 bits per heavy atom. The summed E-state index contributed by atoms with van der Waals surface area (Å²) < 4.78 is 10.2. The highest BCUT2D eigenvalue weighted by Gasteiger charge is 2.31. The van der Waals surface area contributed by atoms with Crippen LogP contribution in [-0.4, -0.2) is 17.8 Å². The van der Waals surface area contributed by atoms with E-state index < -0.39 is 11.5 Å². The van der Waals surface area contributed by atoms with Crippen LogP contribution in [0, 0.1) is 0 Å². The molecule has 5 nitrogen and oxygen atoms in total. The van der Waals surface area contributed by atoms with E-state index in [0.717, 1.165) is 0 Å². The minimum absolute atomic E-state index is 0.150. The maximum atomic E-state index is 11.0. The van der Waals surface area contributed by atoms with Gasteiger partial charge < -0.3 is 20.3 Å². The van der Waals surface area contributed by atoms with Crippen molar-refractivity contribution in [2.75, 3.05) is 6.79 Å². The summed E-state index contributed by atoms with van der Waals surface area (Å²) in [4.78, 5) is 11.0. The molecule has 1 amide bonds. The van der Waals surface area contributed by atoms with Crippen molar-refractivity contribution in [3.8, 4) is 11.5 Å². The maximum absolute atomic E-state index is 11.0. The second-order valence-electron chi connectivity index (χ2n) is 3.50. The number of amides is 1. The number of primary amides is 1. The van der Waals surface area contributed by atoms with Crippen molar-refractivity contribution in [1.29, 1.82) is 0 Å². The van der Waals surface area contributed by atoms with Crippen molar-refractivity contribution in [3.05, 3.63) is 23.8 Å². The summed E-state index contributed by atoms with van der Waals surface area (Å²) in [6.45, 7) is 1.49. The predicted octanol–water partition coefficient (Wildman–Crippen LogP) is 0.108. The molecule has 80 valence electrons. The fraction of sp³-hybridized carbons (Fsp3) is 0.300. The van der Waals surface area contributed by atoms with Gasteiger partial charge in [0.25, 0.3) is 5.91 Å². The van der Waals surface area contributed by atoms with Crippen molar-refractivity contribution in [3.63, 3.8) is 0 Å². The summed E-state index contributed by atoms with van der Waals surface area (Å²) in [5, 5.41) is 9.82. The lowest BCUT2D eigenvalue weighted by Gasteiger charge is -2.19. The van der Waals surface area contributed by atoms with Gasteiger partial charge in [0.1, 0.15) is 0 Å². The Hall–Kier alpha value is -1.75. The second kappa shape index (κ2) is 3.13. The van der Waals surface area contributed by atoms with Crippen LogP contribution in [0.5, 0.6) is 11.5 Å². The first kappa shape index (κ1) is 9.79. The molecule has 0 bridgehead atoms. The van der Waals surface area contributed by atoms with Gasteiger partial charge in [-0.15, -0.1) is 0 Å². The van der Waals surface area contributed by atoms with Crippen molar-refractivity contribution in [1.82, 2.24) is 0 Å². The smallest absolute Gasteiger partial charge is 0.253 e. The Balaban J connectivity index is 2.42. The summed E-state index contributed by atoms with van der Waals surface area (Å²) in [6, 6.07) is 4.76. The fourth-order valence-corrected chi connectivity index (χ4v) is 1.34. The highest BCUT2D eigenvalue weighted by molar-refractivity contribution is 5.84. The Labute approximate surface area is 86.4 Å². The number of rotatable bonds is 2. The van der Waals surface area contributed by atoms with Crippen molar-refractivity contribution < 1.29 is 19.4 Å². The molecule has 2 rings (SSSR count). The van der Waals surface area contributed by atoms with E-state index in [1.54, 1.807) is 18.2 Å². The summed E-state index contributed by atoms with van der Waals surface area (Å²) in [6.07, 6.45) is 0. The third-order valence-electron chi connectivity index (χ3n) is 2.41. The third-order valence-corrected chi connectivity index (χ3v) is 2.41. The molecule has 0 fully saturated rings. The zero-order valence-electron chi connectivity index (χ0n) is 8.19. The van der Waals surface area contributed by atoms with Crippen LogP contribution in [0.1, 0.15) is 12.5 Å². The van der Waals surface area contributed by atoms with E-state index in [1.807, 2.05) is 0 Å². The molecule has 0 saturated carbocycles. The highest BCUT2D eigenvalue weighted by atomic mass is 16.7. The summed E-state index contributed by atoms with van der Waals surface area (Å²) >= 11 is 0. The molecule has 0 saturated heterocycles. The van der Waals surface area contributed by atoms with E-state index in [2.05, 4.69) is 0 Å². The Kier molecular flexibility index (Phi) is 2.04. The van der Waals surface area contributed by atoms with Gasteiger partial charge in [-0.3, -0.25) is 4.79 Å². The first-order valence-corrected chi connectivity index (χ1v) is 4.44. The van der Waals surface area contributed by atoms with Gasteiger partial charge in [0, 0.05) is 0 Å². The van der Waals surface area contributed by atoms with Gasteiger partial charge in [-0.1, -0.05) is 6.07 Å². The second-order valence-corrected chi connectivity index (χ2v) is 3.50. The molecule has 0 radical (unpaired) electrons. The number of hydrogen-bond donors (Lipinski definition) is 2. The zero-order chi connectivity index (χ0) is 11.1. The van der Waals surface area contributed by atoms with E-state index in [1.165, 1.54) is 6.92 Å². The van der Waals surface area contributed by atoms with Crippen molar-refractivity contribution in [2.24, 2.45) is 5.73 Å². The van der Waals surface area contributed by atoms with Gasteiger partial charge >= 0.3 is 0 Å². The topological polar surface area (TPSA) is 81.8 Å². The summed E-state index contributed by atoms with van der Waals surface area (Å²) in [5.74, 6) is 0.300. The molecule has 5 heteroatoms. The normalized spacial score (nSPS) is 17.2. The molecule has 0 aromatic heterocycles. The monoisotopic (exact) mass is 209 g/mol. The van der Waals surface area contributed by atoms with Gasteiger partial charge in [-0.2, -0.15) is 0 Å². The van der Waals surface area contributed by atoms with Gasteiger partial charge in [-0.25, -0.2) is 0 Å². The Morgan fingerprint density at radius 1 is 1.47 bits per heavy atom. The molecule has 1 aromatic carbocycles. The molecule has 3 N–H and O–H groups in total. The van der Waals surface area contributed by atoms with E-state index >= 15 is 0 Å². The minimum Gasteiger partial charge on any atom is -0.454 e. The van der Waals surface area contributed by atoms with Crippen molar-refractivity contribution in [2.45, 2.75) is 12.5 Å². The highest BCUT2D eigenvalue weighted by Crippen LogP contribution is 2.35. The SMILES string of the molecule is CC(O)(C(N)=O)c1ccc2c(c1)OCO2. The average molecular weight is 209 g/mol. The van der Waals surface area contributed by atoms with Gasteiger partial charge in [0.05, 0.1) is 0 Å². The van der Waals surface area contributed by atoms with E-state index in [9.17, 15) is 9.90 Å². The molecule has 15 heavy (non-hydrogen) atoms. The molecule has 0 spiro atoms. The molecule has 1 aromatic rings. The molecular formula is C10H11NO4. The fourth-order valence-electron chi connectivity index (χ4n) is 1.34. The quantitative estimate of drug-likeness (QED) is 0.724. The molecule has 1 aliphatic rings. The molecule has 1 heterocycles. The summed E-state index contributed by atoms with van der Waals surface area (Å²) in [7, 11) is 0. The molecular weight excluding hydrogens is 198 g/mol.